The van der Waals surface area contributed by atoms with Crippen molar-refractivity contribution in [3.05, 3.63) is 112 Å². The van der Waals surface area contributed by atoms with Crippen LogP contribution < -0.4 is 21.3 Å². The smallest absolute Gasteiger partial charge is 0.323 e. The van der Waals surface area contributed by atoms with Gasteiger partial charge in [-0.3, -0.25) is 19.2 Å². The molecule has 0 fully saturated rings. The number of rotatable bonds is 15. The number of hydrogen-bond donors (Lipinski definition) is 5. The molecule has 12 nitrogen and oxygen atoms in total. The number of aliphatic hydroxyl groups excluding tert-OH is 1. The molecule has 2 aromatic carbocycles. The van der Waals surface area contributed by atoms with E-state index in [1.807, 2.05) is 20.8 Å². The first kappa shape index (κ1) is 40.3. The normalized spacial score (nSPS) is 13.7. The van der Waals surface area contributed by atoms with Crippen molar-refractivity contribution in [2.24, 2.45) is 17.8 Å². The molecule has 284 valence electrons. The molecule has 2 heterocycles. The zero-order valence-corrected chi connectivity index (χ0v) is 31.6. The van der Waals surface area contributed by atoms with Crippen molar-refractivity contribution in [1.29, 1.82) is 0 Å². The molecule has 0 radical (unpaired) electrons. The Labute approximate surface area is 324 Å². The van der Waals surface area contributed by atoms with Gasteiger partial charge in [0, 0.05) is 71.5 Å². The lowest BCUT2D eigenvalue weighted by Crippen LogP contribution is -2.25. The minimum Gasteiger partial charge on any atom is -0.392 e. The SMILES string of the molecule is CC(C)C(=O)CCC(C)C1C(=O)c2cccc(NCCCCNC(=O)c3cccc(C#Cc4cc(NC(=O)Nc5cc(Cl)ncc5CO)ccn4)c3)c2C1=O. The Bertz CT molecular complexity index is 2160. The second-order valence-electron chi connectivity index (χ2n) is 13.6. The van der Waals surface area contributed by atoms with E-state index >= 15 is 0 Å². The minimum atomic E-state index is -0.773. The minimum absolute atomic E-state index is 0.0766. The van der Waals surface area contributed by atoms with Crippen LogP contribution in [0.3, 0.4) is 0 Å². The lowest BCUT2D eigenvalue weighted by molar-refractivity contribution is -0.122. The number of aromatic nitrogens is 2. The highest BCUT2D eigenvalue weighted by Crippen LogP contribution is 2.37. The van der Waals surface area contributed by atoms with Crippen LogP contribution in [0.1, 0.15) is 94.3 Å². The van der Waals surface area contributed by atoms with Crippen LogP contribution in [-0.2, 0) is 11.4 Å². The largest absolute Gasteiger partial charge is 0.392 e. The van der Waals surface area contributed by atoms with Crippen molar-refractivity contribution in [2.75, 3.05) is 29.0 Å². The van der Waals surface area contributed by atoms with E-state index in [9.17, 15) is 29.1 Å². The molecular weight excluding hydrogens is 720 g/mol. The Morgan fingerprint density at radius 2 is 1.67 bits per heavy atom. The number of Topliss-reactive ketones (excluding diaryl/α,β-unsaturated/α-hetero) is 3. The molecule has 2 aromatic heterocycles. The second kappa shape index (κ2) is 18.9. The molecule has 1 aliphatic rings. The van der Waals surface area contributed by atoms with Gasteiger partial charge < -0.3 is 26.4 Å². The maximum atomic E-state index is 13.4. The van der Waals surface area contributed by atoms with Crippen LogP contribution >= 0.6 is 11.6 Å². The molecule has 0 aliphatic heterocycles. The maximum Gasteiger partial charge on any atom is 0.323 e. The van der Waals surface area contributed by atoms with E-state index in [0.717, 1.165) is 0 Å². The number of carbonyl (C=O) groups excluding carboxylic acids is 5. The van der Waals surface area contributed by atoms with Gasteiger partial charge in [-0.25, -0.2) is 14.8 Å². The third kappa shape index (κ3) is 10.6. The summed E-state index contributed by atoms with van der Waals surface area (Å²) in [5.74, 6) is 4.39. The van der Waals surface area contributed by atoms with Gasteiger partial charge in [0.05, 0.1) is 23.8 Å². The molecule has 2 unspecified atom stereocenters. The number of nitrogens with zero attached hydrogens (tertiary/aromatic N) is 2. The van der Waals surface area contributed by atoms with E-state index in [-0.39, 0.29) is 46.9 Å². The predicted molar refractivity (Wildman–Crippen MR) is 211 cm³/mol. The number of unbranched alkanes of at least 4 members (excludes halogenated alkanes) is 1. The highest BCUT2D eigenvalue weighted by Gasteiger charge is 2.43. The van der Waals surface area contributed by atoms with Gasteiger partial charge in [0.2, 0.25) is 0 Å². The van der Waals surface area contributed by atoms with Gasteiger partial charge in [0.15, 0.2) is 11.6 Å². The monoisotopic (exact) mass is 762 g/mol. The molecule has 0 bridgehead atoms. The van der Waals surface area contributed by atoms with Gasteiger partial charge in [-0.15, -0.1) is 0 Å². The van der Waals surface area contributed by atoms with Crippen molar-refractivity contribution in [3.8, 4) is 11.8 Å². The fraction of sp³-hybridized carbons (Fsp3) is 0.310. The molecule has 0 saturated heterocycles. The Balaban J connectivity index is 1.08. The summed E-state index contributed by atoms with van der Waals surface area (Å²) in [4.78, 5) is 72.4. The van der Waals surface area contributed by atoms with Gasteiger partial charge in [-0.05, 0) is 73.6 Å². The number of fused-ring (bicyclic) bond motifs is 1. The molecule has 0 spiro atoms. The van der Waals surface area contributed by atoms with Crippen LogP contribution in [0.4, 0.5) is 21.9 Å². The van der Waals surface area contributed by atoms with Crippen LogP contribution in [0, 0.1) is 29.6 Å². The number of amides is 3. The summed E-state index contributed by atoms with van der Waals surface area (Å²) in [6, 6.07) is 16.2. The average Bonchev–Trinajstić information content (AvgIpc) is 3.43. The van der Waals surface area contributed by atoms with Crippen molar-refractivity contribution in [2.45, 2.75) is 53.1 Å². The van der Waals surface area contributed by atoms with Crippen molar-refractivity contribution in [1.82, 2.24) is 15.3 Å². The number of aliphatic hydroxyl groups is 1. The number of pyridine rings is 2. The van der Waals surface area contributed by atoms with E-state index in [4.69, 9.17) is 11.6 Å². The van der Waals surface area contributed by atoms with Gasteiger partial charge in [0.25, 0.3) is 5.91 Å². The summed E-state index contributed by atoms with van der Waals surface area (Å²) >= 11 is 5.92. The average molecular weight is 763 g/mol. The number of benzene rings is 2. The van der Waals surface area contributed by atoms with Crippen molar-refractivity contribution >= 4 is 58.0 Å². The number of halogens is 1. The zero-order valence-electron chi connectivity index (χ0n) is 30.9. The first-order valence-electron chi connectivity index (χ1n) is 18.1. The number of nitrogens with one attached hydrogen (secondary N) is 4. The van der Waals surface area contributed by atoms with Crippen molar-refractivity contribution in [3.63, 3.8) is 0 Å². The molecule has 0 saturated carbocycles. The highest BCUT2D eigenvalue weighted by molar-refractivity contribution is 6.30. The number of anilines is 3. The molecule has 4 aromatic rings. The zero-order chi connectivity index (χ0) is 39.5. The summed E-state index contributed by atoms with van der Waals surface area (Å²) < 4.78 is 0. The molecule has 3 amide bonds. The lowest BCUT2D eigenvalue weighted by atomic mass is 9.85. The third-order valence-electron chi connectivity index (χ3n) is 9.25. The Morgan fingerprint density at radius 1 is 0.891 bits per heavy atom. The fourth-order valence-electron chi connectivity index (χ4n) is 6.17. The molecule has 55 heavy (non-hydrogen) atoms. The molecule has 5 N–H and O–H groups in total. The lowest BCUT2D eigenvalue weighted by Gasteiger charge is -2.17. The third-order valence-corrected chi connectivity index (χ3v) is 9.46. The Hall–Kier alpha value is -5.90. The number of hydrogen-bond acceptors (Lipinski definition) is 9. The predicted octanol–water partition coefficient (Wildman–Crippen LogP) is 6.92. The van der Waals surface area contributed by atoms with Crippen LogP contribution in [-0.4, -0.2) is 57.5 Å². The van der Waals surface area contributed by atoms with E-state index in [2.05, 4.69) is 43.1 Å². The summed E-state index contributed by atoms with van der Waals surface area (Å²) in [5, 5.41) is 21.2. The molecule has 1 aliphatic carbocycles. The Kier molecular flexibility index (Phi) is 13.9. The van der Waals surface area contributed by atoms with Crippen molar-refractivity contribution < 1.29 is 29.1 Å². The quantitative estimate of drug-likeness (QED) is 0.0372. The first-order chi connectivity index (χ1) is 26.4. The van der Waals surface area contributed by atoms with Crippen LogP contribution in [0.2, 0.25) is 5.15 Å². The highest BCUT2D eigenvalue weighted by atomic mass is 35.5. The number of carbonyl (C=O) groups is 5. The molecule has 13 heteroatoms. The summed E-state index contributed by atoms with van der Waals surface area (Å²) in [7, 11) is 0. The van der Waals surface area contributed by atoms with Crippen LogP contribution in [0.25, 0.3) is 0 Å². The summed E-state index contributed by atoms with van der Waals surface area (Å²) in [6.45, 7) is 6.22. The van der Waals surface area contributed by atoms with E-state index in [1.165, 1.54) is 18.5 Å². The maximum absolute atomic E-state index is 13.4. The Morgan fingerprint density at radius 3 is 2.45 bits per heavy atom. The fourth-order valence-corrected chi connectivity index (χ4v) is 6.33. The van der Waals surface area contributed by atoms with Gasteiger partial charge in [-0.1, -0.05) is 56.5 Å². The van der Waals surface area contributed by atoms with E-state index in [0.29, 0.717) is 89.3 Å². The molecular formula is C42H43ClN6O6. The van der Waals surface area contributed by atoms with E-state index < -0.39 is 11.9 Å². The molecule has 5 rings (SSSR count). The second-order valence-corrected chi connectivity index (χ2v) is 14.0. The number of urea groups is 1. The van der Waals surface area contributed by atoms with Crippen LogP contribution in [0.5, 0.6) is 0 Å². The summed E-state index contributed by atoms with van der Waals surface area (Å²) in [5.41, 5.74) is 4.08. The first-order valence-corrected chi connectivity index (χ1v) is 18.5. The van der Waals surface area contributed by atoms with Gasteiger partial charge >= 0.3 is 6.03 Å². The van der Waals surface area contributed by atoms with E-state index in [1.54, 1.807) is 54.6 Å². The van der Waals surface area contributed by atoms with Gasteiger partial charge in [0.1, 0.15) is 16.6 Å². The van der Waals surface area contributed by atoms with Crippen LogP contribution in [0.15, 0.2) is 73.1 Å². The number of ketones is 3. The topological polar surface area (TPSA) is 179 Å². The van der Waals surface area contributed by atoms with Gasteiger partial charge in [-0.2, -0.15) is 0 Å². The molecule has 2 atom stereocenters. The summed E-state index contributed by atoms with van der Waals surface area (Å²) in [6.07, 6.45) is 5.11. The standard InChI is InChI=1S/C42H43ClN6O6/c1-25(2)35(51)15-12-26(3)37-39(52)32-10-7-11-33(38(32)40(37)53)45-17-4-5-18-46-41(54)28-9-6-8-27(20-28)13-14-30-21-31(16-19-44-30)48-42(55)49-34-22-36(43)47-23-29(34)24-50/h6-11,16,19-23,25-26,37,45,50H,4-5,12,15,17-18,24H2,1-3H3,(H,46,54)(H2,44,47,48,49,55).